The molecular formula is C7H17Cl2NO. The second-order valence-corrected chi connectivity index (χ2v) is 3.45. The molecule has 0 saturated carbocycles. The van der Waals surface area contributed by atoms with Crippen molar-refractivity contribution in [1.29, 1.82) is 0 Å². The van der Waals surface area contributed by atoms with E-state index >= 15 is 0 Å². The van der Waals surface area contributed by atoms with Gasteiger partial charge in [0, 0.05) is 19.5 Å². The number of hydrogen-bond acceptors (Lipinski definition) is 1. The van der Waals surface area contributed by atoms with Crippen LogP contribution in [0, 0.1) is 5.41 Å². The Morgan fingerprint density at radius 1 is 1.09 bits per heavy atom. The van der Waals surface area contributed by atoms with E-state index in [1.807, 2.05) is 20.8 Å². The smallest absolute Gasteiger partial charge is 0.227 e. The largest absolute Gasteiger partial charge is 0.348 e. The van der Waals surface area contributed by atoms with Crippen LogP contribution < -0.4 is 0 Å². The minimum atomic E-state index is -0.233. The zero-order valence-electron chi connectivity index (χ0n) is 7.67. The van der Waals surface area contributed by atoms with Gasteiger partial charge in [-0.3, -0.25) is 4.79 Å². The maximum atomic E-state index is 11.1. The number of amides is 1. The van der Waals surface area contributed by atoms with Crippen LogP contribution in [0.2, 0.25) is 0 Å². The molecule has 0 rings (SSSR count). The Kier molecular flexibility index (Phi) is 8.88. The maximum Gasteiger partial charge on any atom is 0.227 e. The van der Waals surface area contributed by atoms with Gasteiger partial charge in [-0.25, -0.2) is 0 Å². The number of halogens is 2. The lowest BCUT2D eigenvalue weighted by molar-refractivity contribution is -0.136. The maximum absolute atomic E-state index is 11.1. The van der Waals surface area contributed by atoms with E-state index in [-0.39, 0.29) is 36.1 Å². The molecule has 0 unspecified atom stereocenters. The first kappa shape index (κ1) is 17.2. The van der Waals surface area contributed by atoms with Crippen molar-refractivity contribution in [2.24, 2.45) is 5.41 Å². The van der Waals surface area contributed by atoms with Crippen molar-refractivity contribution in [3.05, 3.63) is 0 Å². The Morgan fingerprint density at radius 2 is 1.36 bits per heavy atom. The van der Waals surface area contributed by atoms with Crippen molar-refractivity contribution in [2.45, 2.75) is 20.8 Å². The van der Waals surface area contributed by atoms with Crippen LogP contribution in [0.15, 0.2) is 0 Å². The summed E-state index contributed by atoms with van der Waals surface area (Å²) >= 11 is 0. The van der Waals surface area contributed by atoms with E-state index in [2.05, 4.69) is 0 Å². The van der Waals surface area contributed by atoms with Crippen LogP contribution in [0.5, 0.6) is 0 Å². The van der Waals surface area contributed by atoms with Crippen molar-refractivity contribution in [1.82, 2.24) is 4.90 Å². The van der Waals surface area contributed by atoms with Crippen molar-refractivity contribution in [3.8, 4) is 0 Å². The van der Waals surface area contributed by atoms with E-state index in [4.69, 9.17) is 0 Å². The van der Waals surface area contributed by atoms with Gasteiger partial charge in [0.2, 0.25) is 5.91 Å². The summed E-state index contributed by atoms with van der Waals surface area (Å²) in [5.41, 5.74) is -0.233. The fourth-order valence-corrected chi connectivity index (χ4v) is 0.671. The normalized spacial score (nSPS) is 9.18. The van der Waals surface area contributed by atoms with Gasteiger partial charge < -0.3 is 4.90 Å². The number of rotatable bonds is 0. The second kappa shape index (κ2) is 5.67. The first-order valence-electron chi connectivity index (χ1n) is 3.07. The quantitative estimate of drug-likeness (QED) is 0.588. The third-order valence-electron chi connectivity index (χ3n) is 1.05. The molecule has 2 nitrogen and oxygen atoms in total. The third-order valence-corrected chi connectivity index (χ3v) is 1.05. The lowest BCUT2D eigenvalue weighted by atomic mass is 9.95. The van der Waals surface area contributed by atoms with Gasteiger partial charge in [-0.2, -0.15) is 0 Å². The highest BCUT2D eigenvalue weighted by molar-refractivity contribution is 5.85. The molecule has 11 heavy (non-hydrogen) atoms. The zero-order valence-corrected chi connectivity index (χ0v) is 9.30. The fraction of sp³-hybridized carbons (Fsp3) is 0.857. The van der Waals surface area contributed by atoms with Gasteiger partial charge in [0.1, 0.15) is 0 Å². The van der Waals surface area contributed by atoms with Gasteiger partial charge in [-0.1, -0.05) is 20.8 Å². The Balaban J connectivity index is -0.000000320. The predicted molar refractivity (Wildman–Crippen MR) is 52.6 cm³/mol. The highest BCUT2D eigenvalue weighted by Crippen LogP contribution is 2.14. The zero-order chi connectivity index (χ0) is 7.65. The molecule has 0 fully saturated rings. The van der Waals surface area contributed by atoms with Crippen molar-refractivity contribution in [3.63, 3.8) is 0 Å². The van der Waals surface area contributed by atoms with Gasteiger partial charge in [-0.05, 0) is 0 Å². The minimum absolute atomic E-state index is 0. The number of nitrogens with zero attached hydrogens (tertiary/aromatic N) is 1. The summed E-state index contributed by atoms with van der Waals surface area (Å²) in [6, 6.07) is 0. The van der Waals surface area contributed by atoms with E-state index in [9.17, 15) is 4.79 Å². The van der Waals surface area contributed by atoms with E-state index in [1.54, 1.807) is 19.0 Å². The van der Waals surface area contributed by atoms with Crippen LogP contribution >= 0.6 is 24.8 Å². The lowest BCUT2D eigenvalue weighted by Gasteiger charge is -2.21. The molecule has 0 aliphatic carbocycles. The van der Waals surface area contributed by atoms with Crippen LogP contribution in [0.3, 0.4) is 0 Å². The Morgan fingerprint density at radius 3 is 1.36 bits per heavy atom. The predicted octanol–water partition coefficient (Wildman–Crippen LogP) is 1.96. The first-order valence-corrected chi connectivity index (χ1v) is 3.07. The third kappa shape index (κ3) is 6.45. The second-order valence-electron chi connectivity index (χ2n) is 3.45. The van der Waals surface area contributed by atoms with Crippen LogP contribution in [-0.2, 0) is 4.79 Å². The molecule has 0 aliphatic rings. The highest BCUT2D eigenvalue weighted by atomic mass is 35.5. The molecule has 0 aromatic carbocycles. The minimum Gasteiger partial charge on any atom is -0.348 e. The molecular weight excluding hydrogens is 185 g/mol. The number of carbonyl (C=O) groups excluding carboxylic acids is 1. The molecule has 0 N–H and O–H groups in total. The average molecular weight is 202 g/mol. The van der Waals surface area contributed by atoms with Gasteiger partial charge in [0.25, 0.3) is 0 Å². The first-order chi connectivity index (χ1) is 3.85. The molecule has 0 spiro atoms. The topological polar surface area (TPSA) is 20.3 Å². The van der Waals surface area contributed by atoms with Gasteiger partial charge in [-0.15, -0.1) is 24.8 Å². The summed E-state index contributed by atoms with van der Waals surface area (Å²) in [4.78, 5) is 12.7. The molecule has 70 valence electrons. The Labute approximate surface area is 81.2 Å². The molecule has 0 radical (unpaired) electrons. The molecule has 0 heterocycles. The number of carbonyl (C=O) groups is 1. The van der Waals surface area contributed by atoms with Gasteiger partial charge in [0.05, 0.1) is 0 Å². The van der Waals surface area contributed by atoms with Gasteiger partial charge >= 0.3 is 0 Å². The molecule has 0 saturated heterocycles. The molecule has 0 aliphatic heterocycles. The van der Waals surface area contributed by atoms with Crippen LogP contribution in [-0.4, -0.2) is 24.9 Å². The molecule has 1 amide bonds. The molecule has 0 aromatic rings. The summed E-state index contributed by atoms with van der Waals surface area (Å²) in [5, 5.41) is 0. The summed E-state index contributed by atoms with van der Waals surface area (Å²) < 4.78 is 0. The van der Waals surface area contributed by atoms with E-state index < -0.39 is 0 Å². The van der Waals surface area contributed by atoms with E-state index in [0.29, 0.717) is 0 Å². The SMILES string of the molecule is CN(C)C(=O)C(C)(C)C.Cl.Cl. The van der Waals surface area contributed by atoms with E-state index in [0.717, 1.165) is 0 Å². The Bertz CT molecular complexity index is 118. The van der Waals surface area contributed by atoms with E-state index in [1.165, 1.54) is 0 Å². The number of hydrogen-bond donors (Lipinski definition) is 0. The average Bonchev–Trinajstić information content (AvgIpc) is 1.62. The molecule has 0 atom stereocenters. The van der Waals surface area contributed by atoms with Crippen molar-refractivity contribution >= 4 is 30.7 Å². The summed E-state index contributed by atoms with van der Waals surface area (Å²) in [5.74, 6) is 0.169. The highest BCUT2D eigenvalue weighted by Gasteiger charge is 2.22. The van der Waals surface area contributed by atoms with Crippen molar-refractivity contribution < 1.29 is 4.79 Å². The summed E-state index contributed by atoms with van der Waals surface area (Å²) in [6.07, 6.45) is 0. The monoisotopic (exact) mass is 201 g/mol. The summed E-state index contributed by atoms with van der Waals surface area (Å²) in [7, 11) is 3.54. The van der Waals surface area contributed by atoms with Crippen LogP contribution in [0.25, 0.3) is 0 Å². The molecule has 4 heteroatoms. The molecule has 0 aromatic heterocycles. The Hall–Kier alpha value is 0.0500. The fourth-order valence-electron chi connectivity index (χ4n) is 0.671. The lowest BCUT2D eigenvalue weighted by Crippen LogP contribution is -2.33. The van der Waals surface area contributed by atoms with Gasteiger partial charge in [0.15, 0.2) is 0 Å². The van der Waals surface area contributed by atoms with Crippen LogP contribution in [0.1, 0.15) is 20.8 Å². The van der Waals surface area contributed by atoms with Crippen molar-refractivity contribution in [2.75, 3.05) is 14.1 Å². The summed E-state index contributed by atoms with van der Waals surface area (Å²) in [6.45, 7) is 5.74. The standard InChI is InChI=1S/C7H15NO.2ClH/c1-7(2,3)6(9)8(4)5;;/h1-5H3;2*1H. The molecule has 0 bridgehead atoms. The van der Waals surface area contributed by atoms with Crippen LogP contribution in [0.4, 0.5) is 0 Å².